The van der Waals surface area contributed by atoms with Gasteiger partial charge in [-0.25, -0.2) is 4.79 Å². The minimum absolute atomic E-state index is 0.162. The van der Waals surface area contributed by atoms with Crippen molar-refractivity contribution in [2.45, 2.75) is 12.5 Å². The van der Waals surface area contributed by atoms with Crippen molar-refractivity contribution in [2.24, 2.45) is 0 Å². The Balaban J connectivity index is 2.35. The van der Waals surface area contributed by atoms with Gasteiger partial charge < -0.3 is 10.4 Å². The van der Waals surface area contributed by atoms with E-state index in [-0.39, 0.29) is 9.90 Å². The monoisotopic (exact) mass is 343 g/mol. The molecule has 0 aliphatic heterocycles. The maximum atomic E-state index is 12.3. The third-order valence-corrected chi connectivity index (χ3v) is 4.53. The molecule has 2 rings (SSSR count). The first kappa shape index (κ1) is 15.8. The average Bonchev–Trinajstić information content (AvgIpc) is 2.78. The highest BCUT2D eigenvalue weighted by atomic mass is 35.5. The van der Waals surface area contributed by atoms with Crippen LogP contribution in [0.2, 0.25) is 8.67 Å². The van der Waals surface area contributed by atoms with Crippen molar-refractivity contribution in [3.05, 3.63) is 56.2 Å². The van der Waals surface area contributed by atoms with Crippen LogP contribution in [-0.2, 0) is 10.3 Å². The van der Waals surface area contributed by atoms with Crippen molar-refractivity contribution in [3.8, 4) is 0 Å². The number of benzene rings is 1. The van der Waals surface area contributed by atoms with Crippen LogP contribution in [0.15, 0.2) is 36.4 Å². The van der Waals surface area contributed by atoms with Crippen molar-refractivity contribution < 1.29 is 14.7 Å². The number of carboxylic acids is 1. The van der Waals surface area contributed by atoms with Gasteiger partial charge in [0, 0.05) is 0 Å². The molecule has 0 saturated carbocycles. The maximum absolute atomic E-state index is 12.3. The Hall–Kier alpha value is -1.56. The number of carbonyl (C=O) groups is 2. The first-order valence-electron chi connectivity index (χ1n) is 5.91. The molecule has 0 bridgehead atoms. The van der Waals surface area contributed by atoms with Crippen LogP contribution in [0.1, 0.15) is 22.8 Å². The Bertz CT molecular complexity index is 687. The second-order valence-electron chi connectivity index (χ2n) is 4.49. The second kappa shape index (κ2) is 6.05. The third kappa shape index (κ3) is 3.20. The van der Waals surface area contributed by atoms with Gasteiger partial charge in [0.15, 0.2) is 5.54 Å². The molecule has 0 aliphatic rings. The van der Waals surface area contributed by atoms with E-state index in [0.717, 1.165) is 11.3 Å². The van der Waals surface area contributed by atoms with Gasteiger partial charge in [-0.15, -0.1) is 11.3 Å². The van der Waals surface area contributed by atoms with Gasteiger partial charge in [-0.3, -0.25) is 4.79 Å². The number of hydrogen-bond acceptors (Lipinski definition) is 3. The molecular formula is C14H11Cl2NO3S. The van der Waals surface area contributed by atoms with Gasteiger partial charge >= 0.3 is 5.97 Å². The predicted molar refractivity (Wildman–Crippen MR) is 83.2 cm³/mol. The molecule has 1 unspecified atom stereocenters. The molecule has 0 aliphatic carbocycles. The lowest BCUT2D eigenvalue weighted by atomic mass is 9.92. The standard InChI is InChI=1S/C14H11Cl2NO3S/c1-14(13(19)20,8-5-3-2-4-6-8)17-12(18)9-7-10(15)21-11(9)16/h2-7H,1H3,(H,17,18)(H,19,20). The van der Waals surface area contributed by atoms with Crippen LogP contribution in [0.4, 0.5) is 0 Å². The van der Waals surface area contributed by atoms with Crippen molar-refractivity contribution in [1.29, 1.82) is 0 Å². The number of rotatable bonds is 4. The summed E-state index contributed by atoms with van der Waals surface area (Å²) >= 11 is 12.8. The smallest absolute Gasteiger partial charge is 0.333 e. The molecule has 21 heavy (non-hydrogen) atoms. The van der Waals surface area contributed by atoms with Crippen molar-refractivity contribution >= 4 is 46.4 Å². The summed E-state index contributed by atoms with van der Waals surface area (Å²) in [5.74, 6) is -1.75. The molecule has 1 amide bonds. The largest absolute Gasteiger partial charge is 0.479 e. The summed E-state index contributed by atoms with van der Waals surface area (Å²) in [5.41, 5.74) is -0.936. The molecule has 7 heteroatoms. The Morgan fingerprint density at radius 1 is 1.24 bits per heavy atom. The summed E-state index contributed by atoms with van der Waals surface area (Å²) in [7, 11) is 0. The number of carbonyl (C=O) groups excluding carboxylic acids is 1. The highest BCUT2D eigenvalue weighted by Crippen LogP contribution is 2.32. The first-order chi connectivity index (χ1) is 9.84. The highest BCUT2D eigenvalue weighted by molar-refractivity contribution is 7.20. The summed E-state index contributed by atoms with van der Waals surface area (Å²) in [5, 5.41) is 12.0. The summed E-state index contributed by atoms with van der Waals surface area (Å²) in [6.45, 7) is 1.42. The number of carboxylic acid groups (broad SMARTS) is 1. The number of thiophene rings is 1. The number of halogens is 2. The predicted octanol–water partition coefficient (Wildman–Crippen LogP) is 3.78. The Labute approximate surface area is 135 Å². The minimum atomic E-state index is -1.56. The molecule has 0 radical (unpaired) electrons. The summed E-state index contributed by atoms with van der Waals surface area (Å²) in [6, 6.07) is 9.86. The van der Waals surface area contributed by atoms with E-state index in [1.807, 2.05) is 0 Å². The second-order valence-corrected chi connectivity index (χ2v) is 6.77. The lowest BCUT2D eigenvalue weighted by molar-refractivity contribution is -0.144. The zero-order chi connectivity index (χ0) is 15.6. The molecule has 110 valence electrons. The fourth-order valence-electron chi connectivity index (χ4n) is 1.81. The van der Waals surface area contributed by atoms with E-state index >= 15 is 0 Å². The van der Waals surface area contributed by atoms with Crippen molar-refractivity contribution in [1.82, 2.24) is 5.32 Å². The third-order valence-electron chi connectivity index (χ3n) is 3.04. The van der Waals surface area contributed by atoms with Crippen LogP contribution < -0.4 is 5.32 Å². The van der Waals surface area contributed by atoms with E-state index in [2.05, 4.69) is 5.32 Å². The Morgan fingerprint density at radius 2 is 1.86 bits per heavy atom. The zero-order valence-corrected chi connectivity index (χ0v) is 13.2. The lowest BCUT2D eigenvalue weighted by Gasteiger charge is -2.26. The molecule has 1 heterocycles. The molecule has 2 aromatic rings. The molecule has 0 saturated heterocycles. The first-order valence-corrected chi connectivity index (χ1v) is 7.48. The van der Waals surface area contributed by atoms with Crippen LogP contribution >= 0.6 is 34.5 Å². The van der Waals surface area contributed by atoms with Gasteiger partial charge in [-0.05, 0) is 18.6 Å². The summed E-state index contributed by atoms with van der Waals surface area (Å²) in [4.78, 5) is 23.9. The molecule has 1 aromatic heterocycles. The van der Waals surface area contributed by atoms with Gasteiger partial charge in [-0.2, -0.15) is 0 Å². The van der Waals surface area contributed by atoms with Gasteiger partial charge in [0.25, 0.3) is 5.91 Å². The fourth-order valence-corrected chi connectivity index (χ4v) is 3.27. The van der Waals surface area contributed by atoms with Crippen LogP contribution in [0.25, 0.3) is 0 Å². The van der Waals surface area contributed by atoms with Gasteiger partial charge in [0.05, 0.1) is 9.90 Å². The van der Waals surface area contributed by atoms with Gasteiger partial charge in [0.2, 0.25) is 0 Å². The number of nitrogens with one attached hydrogen (secondary N) is 1. The molecule has 1 atom stereocenters. The average molecular weight is 344 g/mol. The molecule has 0 fully saturated rings. The normalized spacial score (nSPS) is 13.5. The molecular weight excluding hydrogens is 333 g/mol. The number of amides is 1. The van der Waals surface area contributed by atoms with E-state index in [0.29, 0.717) is 9.90 Å². The Morgan fingerprint density at radius 3 is 2.33 bits per heavy atom. The molecule has 1 aromatic carbocycles. The molecule has 4 nitrogen and oxygen atoms in total. The van der Waals surface area contributed by atoms with E-state index in [9.17, 15) is 14.7 Å². The van der Waals surface area contributed by atoms with Crippen LogP contribution in [-0.4, -0.2) is 17.0 Å². The zero-order valence-electron chi connectivity index (χ0n) is 10.9. The SMILES string of the molecule is CC(NC(=O)c1cc(Cl)sc1Cl)(C(=O)O)c1ccccc1. The Kier molecular flexibility index (Phi) is 4.56. The fraction of sp³-hybridized carbons (Fsp3) is 0.143. The molecule has 2 N–H and O–H groups in total. The number of aliphatic carboxylic acids is 1. The van der Waals surface area contributed by atoms with Crippen LogP contribution in [0.5, 0.6) is 0 Å². The summed E-state index contributed by atoms with van der Waals surface area (Å²) in [6.07, 6.45) is 0. The van der Waals surface area contributed by atoms with Gasteiger partial charge in [-0.1, -0.05) is 53.5 Å². The minimum Gasteiger partial charge on any atom is -0.479 e. The van der Waals surface area contributed by atoms with Crippen molar-refractivity contribution in [3.63, 3.8) is 0 Å². The van der Waals surface area contributed by atoms with Crippen molar-refractivity contribution in [2.75, 3.05) is 0 Å². The van der Waals surface area contributed by atoms with Crippen LogP contribution in [0, 0.1) is 0 Å². The highest BCUT2D eigenvalue weighted by Gasteiger charge is 2.37. The quantitative estimate of drug-likeness (QED) is 0.887. The van der Waals surface area contributed by atoms with E-state index in [1.54, 1.807) is 30.3 Å². The van der Waals surface area contributed by atoms with E-state index < -0.39 is 17.4 Å². The molecule has 0 spiro atoms. The van der Waals surface area contributed by atoms with E-state index in [1.165, 1.54) is 13.0 Å². The lowest BCUT2D eigenvalue weighted by Crippen LogP contribution is -2.49. The summed E-state index contributed by atoms with van der Waals surface area (Å²) < 4.78 is 0.584. The topological polar surface area (TPSA) is 66.4 Å². The van der Waals surface area contributed by atoms with Crippen LogP contribution in [0.3, 0.4) is 0 Å². The van der Waals surface area contributed by atoms with Gasteiger partial charge in [0.1, 0.15) is 4.34 Å². The maximum Gasteiger partial charge on any atom is 0.333 e. The van der Waals surface area contributed by atoms with E-state index in [4.69, 9.17) is 23.2 Å². The number of hydrogen-bond donors (Lipinski definition) is 2.